The molecule has 0 bridgehead atoms. The zero-order valence-corrected chi connectivity index (χ0v) is 12.1. The van der Waals surface area contributed by atoms with Crippen molar-refractivity contribution in [1.82, 2.24) is 10.3 Å². The number of amidine groups is 1. The minimum Gasteiger partial charge on any atom is -0.409 e. The third kappa shape index (κ3) is 4.04. The van der Waals surface area contributed by atoms with Crippen molar-refractivity contribution in [2.45, 2.75) is 25.9 Å². The van der Waals surface area contributed by atoms with E-state index in [1.807, 2.05) is 12.1 Å². The van der Waals surface area contributed by atoms with Crippen molar-refractivity contribution in [3.63, 3.8) is 0 Å². The molecule has 0 aliphatic heterocycles. The number of hydrogen-bond acceptors (Lipinski definition) is 5. The normalized spacial score (nSPS) is 13.3. The van der Waals surface area contributed by atoms with Crippen LogP contribution in [0.1, 0.15) is 23.7 Å². The zero-order chi connectivity index (χ0) is 14.4. The number of nitrogens with zero attached hydrogens (tertiary/aromatic N) is 2. The van der Waals surface area contributed by atoms with Gasteiger partial charge in [0, 0.05) is 18.8 Å². The van der Waals surface area contributed by atoms with Gasteiger partial charge in [-0.2, -0.15) is 11.3 Å². The van der Waals surface area contributed by atoms with Gasteiger partial charge in [-0.15, -0.1) is 0 Å². The van der Waals surface area contributed by atoms with Gasteiger partial charge in [0.2, 0.25) is 0 Å². The first-order valence-corrected chi connectivity index (χ1v) is 7.30. The number of nitrogens with two attached hydrogens (primary N) is 1. The van der Waals surface area contributed by atoms with Crippen LogP contribution in [0.5, 0.6) is 0 Å². The summed E-state index contributed by atoms with van der Waals surface area (Å²) in [5.74, 6) is 0.0261. The lowest BCUT2D eigenvalue weighted by Gasteiger charge is -2.13. The maximum Gasteiger partial charge on any atom is 0.188 e. The van der Waals surface area contributed by atoms with Gasteiger partial charge in [0.1, 0.15) is 5.69 Å². The molecule has 6 heteroatoms. The fourth-order valence-electron chi connectivity index (χ4n) is 1.90. The van der Waals surface area contributed by atoms with E-state index in [0.29, 0.717) is 11.7 Å². The summed E-state index contributed by atoms with van der Waals surface area (Å²) in [5.41, 5.74) is 8.41. The summed E-state index contributed by atoms with van der Waals surface area (Å²) < 4.78 is 0. The van der Waals surface area contributed by atoms with Gasteiger partial charge < -0.3 is 16.3 Å². The van der Waals surface area contributed by atoms with Gasteiger partial charge in [-0.3, -0.25) is 4.98 Å². The number of hydrogen-bond donors (Lipinski definition) is 3. The summed E-state index contributed by atoms with van der Waals surface area (Å²) in [6.45, 7) is 2.88. The lowest BCUT2D eigenvalue weighted by molar-refractivity contribution is 0.318. The highest BCUT2D eigenvalue weighted by molar-refractivity contribution is 7.07. The predicted octanol–water partition coefficient (Wildman–Crippen LogP) is 1.96. The summed E-state index contributed by atoms with van der Waals surface area (Å²) in [5, 5.41) is 19.3. The van der Waals surface area contributed by atoms with Crippen LogP contribution < -0.4 is 11.1 Å². The molecule has 0 aliphatic rings. The molecule has 106 valence electrons. The Kier molecular flexibility index (Phi) is 5.09. The second-order valence-corrected chi connectivity index (χ2v) is 5.43. The van der Waals surface area contributed by atoms with E-state index in [1.54, 1.807) is 17.5 Å². The second-order valence-electron chi connectivity index (χ2n) is 4.65. The van der Waals surface area contributed by atoms with Gasteiger partial charge in [-0.05, 0) is 53.4 Å². The van der Waals surface area contributed by atoms with Crippen molar-refractivity contribution in [3.05, 3.63) is 52.0 Å². The molecule has 0 spiro atoms. The average molecular weight is 290 g/mol. The highest BCUT2D eigenvalue weighted by Gasteiger charge is 2.06. The highest BCUT2D eigenvalue weighted by Crippen LogP contribution is 2.09. The van der Waals surface area contributed by atoms with Crippen LogP contribution in [0, 0.1) is 0 Å². The smallest absolute Gasteiger partial charge is 0.188 e. The molecule has 0 fully saturated rings. The first-order chi connectivity index (χ1) is 9.69. The van der Waals surface area contributed by atoms with Crippen LogP contribution in [0.15, 0.2) is 40.3 Å². The van der Waals surface area contributed by atoms with Gasteiger partial charge in [-0.25, -0.2) is 0 Å². The molecule has 0 amide bonds. The lowest BCUT2D eigenvalue weighted by Crippen LogP contribution is -2.27. The van der Waals surface area contributed by atoms with Crippen LogP contribution in [0.3, 0.4) is 0 Å². The molecule has 2 rings (SSSR count). The Labute approximate surface area is 122 Å². The number of oxime groups is 1. The molecule has 0 aliphatic carbocycles. The molecule has 0 aromatic carbocycles. The predicted molar refractivity (Wildman–Crippen MR) is 81.1 cm³/mol. The molecule has 2 heterocycles. The Morgan fingerprint density at radius 3 is 3.05 bits per heavy atom. The quantitative estimate of drug-likeness (QED) is 0.329. The first-order valence-electron chi connectivity index (χ1n) is 6.36. The fraction of sp³-hybridized carbons (Fsp3) is 0.286. The van der Waals surface area contributed by atoms with Crippen LogP contribution in [0.2, 0.25) is 0 Å². The zero-order valence-electron chi connectivity index (χ0n) is 11.3. The standard InChI is InChI=1S/C14H18N4OS/c1-10(6-12-3-5-20-9-12)17-8-11-2-4-16-13(7-11)14(15)18-19/h2-5,7,9-10,17,19H,6,8H2,1H3,(H2,15,18). The van der Waals surface area contributed by atoms with E-state index in [2.05, 4.69) is 39.2 Å². The third-order valence-corrected chi connectivity index (χ3v) is 3.70. The van der Waals surface area contributed by atoms with E-state index < -0.39 is 0 Å². The molecule has 0 radical (unpaired) electrons. The number of nitrogens with one attached hydrogen (secondary N) is 1. The van der Waals surface area contributed by atoms with Crippen LogP contribution in [0.4, 0.5) is 0 Å². The van der Waals surface area contributed by atoms with Crippen molar-refractivity contribution >= 4 is 17.2 Å². The van der Waals surface area contributed by atoms with E-state index in [-0.39, 0.29) is 5.84 Å². The molecule has 5 nitrogen and oxygen atoms in total. The molecular weight excluding hydrogens is 272 g/mol. The third-order valence-electron chi connectivity index (χ3n) is 2.97. The van der Waals surface area contributed by atoms with Crippen molar-refractivity contribution in [3.8, 4) is 0 Å². The largest absolute Gasteiger partial charge is 0.409 e. The van der Waals surface area contributed by atoms with E-state index in [4.69, 9.17) is 10.9 Å². The summed E-state index contributed by atoms with van der Waals surface area (Å²) in [4.78, 5) is 4.06. The second kappa shape index (κ2) is 7.02. The molecule has 4 N–H and O–H groups in total. The Bertz CT molecular complexity index is 568. The number of pyridine rings is 1. The van der Waals surface area contributed by atoms with Gasteiger partial charge in [0.05, 0.1) is 0 Å². The van der Waals surface area contributed by atoms with Gasteiger partial charge >= 0.3 is 0 Å². The van der Waals surface area contributed by atoms with Crippen LogP contribution in [0.25, 0.3) is 0 Å². The summed E-state index contributed by atoms with van der Waals surface area (Å²) >= 11 is 1.72. The van der Waals surface area contributed by atoms with Crippen molar-refractivity contribution in [1.29, 1.82) is 0 Å². The first kappa shape index (κ1) is 14.5. The maximum absolute atomic E-state index is 8.65. The van der Waals surface area contributed by atoms with E-state index in [1.165, 1.54) is 5.56 Å². The molecule has 2 aromatic rings. The minimum atomic E-state index is 0.0261. The van der Waals surface area contributed by atoms with Crippen LogP contribution in [-0.2, 0) is 13.0 Å². The van der Waals surface area contributed by atoms with Crippen LogP contribution >= 0.6 is 11.3 Å². The molecule has 2 aromatic heterocycles. The Morgan fingerprint density at radius 2 is 2.35 bits per heavy atom. The topological polar surface area (TPSA) is 83.5 Å². The number of aromatic nitrogens is 1. The summed E-state index contributed by atoms with van der Waals surface area (Å²) in [6, 6.07) is 6.26. The van der Waals surface area contributed by atoms with Crippen molar-refractivity contribution < 1.29 is 5.21 Å². The Hall–Kier alpha value is -1.92. The monoisotopic (exact) mass is 290 g/mol. The number of rotatable bonds is 6. The van der Waals surface area contributed by atoms with Crippen molar-refractivity contribution in [2.24, 2.45) is 10.9 Å². The fourth-order valence-corrected chi connectivity index (χ4v) is 2.58. The summed E-state index contributed by atoms with van der Waals surface area (Å²) in [7, 11) is 0. The van der Waals surface area contributed by atoms with Gasteiger partial charge in [0.15, 0.2) is 5.84 Å². The van der Waals surface area contributed by atoms with Gasteiger partial charge in [-0.1, -0.05) is 5.16 Å². The summed E-state index contributed by atoms with van der Waals surface area (Å²) in [6.07, 6.45) is 2.66. The minimum absolute atomic E-state index is 0.0261. The van der Waals surface area contributed by atoms with E-state index in [0.717, 1.165) is 18.5 Å². The molecule has 1 atom stereocenters. The highest BCUT2D eigenvalue weighted by atomic mass is 32.1. The molecule has 20 heavy (non-hydrogen) atoms. The molecular formula is C14H18N4OS. The molecule has 0 saturated heterocycles. The van der Waals surface area contributed by atoms with Crippen molar-refractivity contribution in [2.75, 3.05) is 0 Å². The average Bonchev–Trinajstić information content (AvgIpc) is 2.97. The Balaban J connectivity index is 1.90. The maximum atomic E-state index is 8.65. The van der Waals surface area contributed by atoms with Crippen LogP contribution in [-0.4, -0.2) is 22.1 Å². The number of thiophene rings is 1. The molecule has 1 unspecified atom stereocenters. The van der Waals surface area contributed by atoms with E-state index in [9.17, 15) is 0 Å². The van der Waals surface area contributed by atoms with Gasteiger partial charge in [0.25, 0.3) is 0 Å². The van der Waals surface area contributed by atoms with E-state index >= 15 is 0 Å². The lowest BCUT2D eigenvalue weighted by atomic mass is 10.1. The molecule has 0 saturated carbocycles. The SMILES string of the molecule is CC(Cc1ccsc1)NCc1ccnc(C(N)=NO)c1. The Morgan fingerprint density at radius 1 is 1.50 bits per heavy atom.